The van der Waals surface area contributed by atoms with Crippen molar-refractivity contribution in [1.82, 2.24) is 24.5 Å². The van der Waals surface area contributed by atoms with Crippen molar-refractivity contribution in [3.63, 3.8) is 0 Å². The number of carbonyl (C=O) groups is 1. The van der Waals surface area contributed by atoms with E-state index in [1.54, 1.807) is 34.5 Å². The summed E-state index contributed by atoms with van der Waals surface area (Å²) in [4.78, 5) is 19.7. The third-order valence-electron chi connectivity index (χ3n) is 7.01. The normalized spacial score (nSPS) is 22.2. The third kappa shape index (κ3) is 4.02. The van der Waals surface area contributed by atoms with Crippen LogP contribution in [0.4, 0.5) is 15.8 Å². The first-order valence-electron chi connectivity index (χ1n) is 12.0. The zero-order valence-corrected chi connectivity index (χ0v) is 19.7. The van der Waals surface area contributed by atoms with Gasteiger partial charge in [0.2, 0.25) is 0 Å². The lowest BCUT2D eigenvalue weighted by Crippen LogP contribution is -2.49. The molecule has 0 spiro atoms. The van der Waals surface area contributed by atoms with Gasteiger partial charge in [0.05, 0.1) is 23.0 Å². The number of imidazole rings is 1. The minimum atomic E-state index is -0.497. The molecule has 4 aromatic rings. The van der Waals surface area contributed by atoms with E-state index < -0.39 is 5.82 Å². The van der Waals surface area contributed by atoms with E-state index >= 15 is 0 Å². The van der Waals surface area contributed by atoms with Crippen molar-refractivity contribution in [3.8, 4) is 0 Å². The van der Waals surface area contributed by atoms with E-state index in [1.165, 1.54) is 6.07 Å². The van der Waals surface area contributed by atoms with E-state index in [4.69, 9.17) is 0 Å². The Morgan fingerprint density at radius 3 is 2.83 bits per heavy atom. The van der Waals surface area contributed by atoms with E-state index in [0.717, 1.165) is 43.4 Å². The molecule has 2 aliphatic rings. The van der Waals surface area contributed by atoms with E-state index in [0.29, 0.717) is 34.5 Å². The summed E-state index contributed by atoms with van der Waals surface area (Å²) in [6, 6.07) is 5.81. The van der Waals surface area contributed by atoms with Crippen LogP contribution in [0.3, 0.4) is 0 Å². The number of hydrogen-bond acceptors (Lipinski definition) is 6. The lowest BCUT2D eigenvalue weighted by atomic mass is 9.89. The number of amides is 1. The summed E-state index contributed by atoms with van der Waals surface area (Å²) in [5, 5.41) is 21.5. The van der Waals surface area contributed by atoms with Crippen LogP contribution in [0.1, 0.15) is 35.3 Å². The van der Waals surface area contributed by atoms with Crippen molar-refractivity contribution in [1.29, 1.82) is 0 Å². The Kier molecular flexibility index (Phi) is 5.23. The second-order valence-electron chi connectivity index (χ2n) is 9.76. The molecule has 0 unspecified atom stereocenters. The Balaban J connectivity index is 1.25. The van der Waals surface area contributed by atoms with Gasteiger partial charge in [-0.3, -0.25) is 9.48 Å². The van der Waals surface area contributed by atoms with Gasteiger partial charge in [-0.1, -0.05) is 0 Å². The van der Waals surface area contributed by atoms with Gasteiger partial charge >= 0.3 is 0 Å². The van der Waals surface area contributed by atoms with E-state index in [-0.39, 0.29) is 17.7 Å². The molecule has 1 saturated heterocycles. The number of rotatable bonds is 5. The number of aliphatic hydroxyl groups excluding tert-OH is 1. The molecule has 4 heterocycles. The molecule has 3 aromatic heterocycles. The number of aliphatic hydroxyl groups is 1. The van der Waals surface area contributed by atoms with E-state index in [2.05, 4.69) is 25.6 Å². The number of aromatic nitrogens is 4. The van der Waals surface area contributed by atoms with Crippen LogP contribution in [-0.2, 0) is 7.05 Å². The van der Waals surface area contributed by atoms with Crippen LogP contribution in [0.25, 0.3) is 16.6 Å². The molecule has 1 atom stereocenters. The molecule has 35 heavy (non-hydrogen) atoms. The predicted molar refractivity (Wildman–Crippen MR) is 131 cm³/mol. The average Bonchev–Trinajstić information content (AvgIpc) is 3.49. The summed E-state index contributed by atoms with van der Waals surface area (Å²) in [6.45, 7) is 3.57. The Morgan fingerprint density at radius 1 is 1.20 bits per heavy atom. The largest absolute Gasteiger partial charge is 0.393 e. The Bertz CT molecular complexity index is 1440. The SMILES string of the molecule is Cc1cn2cc(NC(=O)c3ccc(N4CC[C@H](NC5CC(O)C5)C4)c4cn(C)nc34)cc(F)c2n1. The van der Waals surface area contributed by atoms with Crippen LogP contribution in [0.15, 0.2) is 36.8 Å². The van der Waals surface area contributed by atoms with Gasteiger partial charge in [-0.05, 0) is 38.3 Å². The second kappa shape index (κ2) is 8.31. The first-order valence-corrected chi connectivity index (χ1v) is 12.0. The third-order valence-corrected chi connectivity index (χ3v) is 7.01. The summed E-state index contributed by atoms with van der Waals surface area (Å²) in [5.41, 5.74) is 3.36. The quantitative estimate of drug-likeness (QED) is 0.409. The number of halogens is 1. The maximum absolute atomic E-state index is 14.5. The van der Waals surface area contributed by atoms with Crippen LogP contribution in [0, 0.1) is 12.7 Å². The van der Waals surface area contributed by atoms with Crippen molar-refractivity contribution in [2.45, 2.75) is 44.4 Å². The highest BCUT2D eigenvalue weighted by Crippen LogP contribution is 2.32. The summed E-state index contributed by atoms with van der Waals surface area (Å²) >= 11 is 0. The number of benzene rings is 1. The fourth-order valence-corrected chi connectivity index (χ4v) is 5.28. The average molecular weight is 478 g/mol. The zero-order valence-electron chi connectivity index (χ0n) is 19.7. The van der Waals surface area contributed by atoms with Crippen LogP contribution >= 0.6 is 0 Å². The molecule has 3 N–H and O–H groups in total. The first-order chi connectivity index (χ1) is 16.8. The van der Waals surface area contributed by atoms with Gasteiger partial charge < -0.3 is 25.0 Å². The van der Waals surface area contributed by atoms with Gasteiger partial charge in [0.15, 0.2) is 11.5 Å². The molecule has 1 aliphatic heterocycles. The summed E-state index contributed by atoms with van der Waals surface area (Å²) in [6.07, 6.45) is 7.81. The number of anilines is 2. The van der Waals surface area contributed by atoms with Gasteiger partial charge in [0.1, 0.15) is 5.52 Å². The fraction of sp³-hybridized carbons (Fsp3) is 0.400. The monoisotopic (exact) mass is 477 g/mol. The smallest absolute Gasteiger partial charge is 0.257 e. The number of hydrogen-bond donors (Lipinski definition) is 3. The highest BCUT2D eigenvalue weighted by Gasteiger charge is 2.32. The summed E-state index contributed by atoms with van der Waals surface area (Å²) in [5.74, 6) is -0.844. The first kappa shape index (κ1) is 22.0. The molecule has 2 fully saturated rings. The lowest BCUT2D eigenvalue weighted by Gasteiger charge is -2.34. The molecule has 6 rings (SSSR count). The van der Waals surface area contributed by atoms with Crippen molar-refractivity contribution in [3.05, 3.63) is 53.9 Å². The zero-order chi connectivity index (χ0) is 24.3. The highest BCUT2D eigenvalue weighted by atomic mass is 19.1. The molecule has 0 bridgehead atoms. The number of fused-ring (bicyclic) bond motifs is 2. The number of nitrogens with zero attached hydrogens (tertiary/aromatic N) is 5. The van der Waals surface area contributed by atoms with Crippen molar-refractivity contribution in [2.24, 2.45) is 7.05 Å². The van der Waals surface area contributed by atoms with Gasteiger partial charge in [0.25, 0.3) is 5.91 Å². The van der Waals surface area contributed by atoms with Crippen LogP contribution in [-0.4, -0.2) is 61.5 Å². The molecule has 0 radical (unpaired) electrons. The summed E-state index contributed by atoms with van der Waals surface area (Å²) in [7, 11) is 1.84. The number of carbonyl (C=O) groups excluding carboxylic acids is 1. The van der Waals surface area contributed by atoms with Crippen molar-refractivity contribution < 1.29 is 14.3 Å². The van der Waals surface area contributed by atoms with Crippen LogP contribution < -0.4 is 15.5 Å². The number of pyridine rings is 1. The summed E-state index contributed by atoms with van der Waals surface area (Å²) < 4.78 is 17.8. The molecule has 1 aliphatic carbocycles. The van der Waals surface area contributed by atoms with Crippen molar-refractivity contribution in [2.75, 3.05) is 23.3 Å². The Labute approximate surface area is 201 Å². The Hall–Kier alpha value is -3.50. The van der Waals surface area contributed by atoms with Gasteiger partial charge in [0, 0.05) is 68.0 Å². The molecule has 10 heteroatoms. The standard InChI is InChI=1S/C25H28FN7O2/c1-14-10-33-12-17(9-21(26)24(33)27-14)29-25(35)19-3-4-22(20-13-31(2)30-23(19)20)32-6-5-15(11-32)28-16-7-18(34)8-16/h3-4,9-10,12-13,15-16,18,28,34H,5-8,11H2,1-2H3,(H,29,35)/t15-,16?,18?/m0/s1. The molecule has 1 amide bonds. The van der Waals surface area contributed by atoms with Gasteiger partial charge in [-0.15, -0.1) is 0 Å². The molecule has 182 valence electrons. The minimum Gasteiger partial charge on any atom is -0.393 e. The second-order valence-corrected chi connectivity index (χ2v) is 9.76. The number of aryl methyl sites for hydroxylation is 2. The van der Waals surface area contributed by atoms with Crippen molar-refractivity contribution >= 4 is 33.8 Å². The van der Waals surface area contributed by atoms with Crippen LogP contribution in [0.2, 0.25) is 0 Å². The molecular weight excluding hydrogens is 449 g/mol. The lowest BCUT2D eigenvalue weighted by molar-refractivity contribution is 0.0587. The van der Waals surface area contributed by atoms with Gasteiger partial charge in [-0.25, -0.2) is 9.37 Å². The van der Waals surface area contributed by atoms with E-state index in [1.807, 2.05) is 19.3 Å². The molecular formula is C25H28FN7O2. The van der Waals surface area contributed by atoms with Crippen LogP contribution in [0.5, 0.6) is 0 Å². The predicted octanol–water partition coefficient (Wildman–Crippen LogP) is 2.61. The molecule has 1 aromatic carbocycles. The molecule has 1 saturated carbocycles. The molecule has 9 nitrogen and oxygen atoms in total. The number of nitrogens with one attached hydrogen (secondary N) is 2. The fourth-order valence-electron chi connectivity index (χ4n) is 5.28. The maximum atomic E-state index is 14.5. The maximum Gasteiger partial charge on any atom is 0.257 e. The van der Waals surface area contributed by atoms with E-state index in [9.17, 15) is 14.3 Å². The minimum absolute atomic E-state index is 0.166. The van der Waals surface area contributed by atoms with Gasteiger partial charge in [-0.2, -0.15) is 5.10 Å². The topological polar surface area (TPSA) is 99.7 Å². The Morgan fingerprint density at radius 2 is 2.03 bits per heavy atom. The highest BCUT2D eigenvalue weighted by molar-refractivity contribution is 6.13.